The van der Waals surface area contributed by atoms with Gasteiger partial charge in [0.2, 0.25) is 5.01 Å². The highest BCUT2D eigenvalue weighted by Gasteiger charge is 2.13. The summed E-state index contributed by atoms with van der Waals surface area (Å²) in [5, 5.41) is 6.94. The molecule has 6 heteroatoms. The second kappa shape index (κ2) is 3.99. The van der Waals surface area contributed by atoms with Gasteiger partial charge in [-0.25, -0.2) is 9.78 Å². The first-order chi connectivity index (χ1) is 8.34. The Bertz CT molecular complexity index is 660. The number of carbonyl (C=O) groups is 1. The molecular formula is C11H7N3O2S. The lowest BCUT2D eigenvalue weighted by Crippen LogP contribution is -2.20. The molecular weight excluding hydrogens is 238 g/mol. The maximum absolute atomic E-state index is 11.7. The van der Waals surface area contributed by atoms with Crippen molar-refractivity contribution in [2.75, 3.05) is 0 Å². The van der Waals surface area contributed by atoms with Crippen molar-refractivity contribution in [2.24, 2.45) is 0 Å². The summed E-state index contributed by atoms with van der Waals surface area (Å²) in [7, 11) is 0. The van der Waals surface area contributed by atoms with E-state index in [0.29, 0.717) is 5.01 Å². The Morgan fingerprint density at radius 1 is 1.35 bits per heavy atom. The molecule has 1 aromatic carbocycles. The number of fused-ring (bicyclic) bond motifs is 1. The molecule has 84 valence electrons. The number of nitrogens with zero attached hydrogens (tertiary/aromatic N) is 3. The smallest absolute Gasteiger partial charge is 0.311 e. The average Bonchev–Trinajstić information content (AvgIpc) is 2.98. The molecule has 0 aliphatic carbocycles. The topological polar surface area (TPSA) is 57.0 Å². The standard InChI is InChI=1S/C11H7N3O2S/c15-11(10-12-5-6-17-10)16-14-9-4-2-1-3-8(9)7-13-14/h1-7H. The number of aromatic nitrogens is 3. The third-order valence-corrected chi connectivity index (χ3v) is 2.97. The van der Waals surface area contributed by atoms with Gasteiger partial charge in [-0.3, -0.25) is 0 Å². The molecule has 0 aliphatic heterocycles. The Kier molecular flexibility index (Phi) is 2.34. The zero-order chi connectivity index (χ0) is 11.7. The predicted octanol–water partition coefficient (Wildman–Crippen LogP) is 1.76. The predicted molar refractivity (Wildman–Crippen MR) is 62.8 cm³/mol. The monoisotopic (exact) mass is 245 g/mol. The Hall–Kier alpha value is -2.21. The maximum atomic E-state index is 11.7. The number of rotatable bonds is 2. The van der Waals surface area contributed by atoms with Crippen LogP contribution in [-0.4, -0.2) is 20.9 Å². The van der Waals surface area contributed by atoms with Gasteiger partial charge in [0.25, 0.3) is 0 Å². The molecule has 0 radical (unpaired) electrons. The molecule has 17 heavy (non-hydrogen) atoms. The van der Waals surface area contributed by atoms with Gasteiger partial charge in [-0.2, -0.15) is 0 Å². The van der Waals surface area contributed by atoms with Crippen LogP contribution in [0.4, 0.5) is 0 Å². The molecule has 0 spiro atoms. The molecule has 0 saturated carbocycles. The zero-order valence-electron chi connectivity index (χ0n) is 8.61. The van der Waals surface area contributed by atoms with Crippen LogP contribution in [0.3, 0.4) is 0 Å². The second-order valence-corrected chi connectivity index (χ2v) is 4.19. The number of hydrogen-bond donors (Lipinski definition) is 0. The molecule has 2 heterocycles. The first-order valence-electron chi connectivity index (χ1n) is 4.89. The number of para-hydroxylation sites is 1. The van der Waals surface area contributed by atoms with Crippen LogP contribution in [0.25, 0.3) is 10.9 Å². The van der Waals surface area contributed by atoms with Crippen LogP contribution in [0.1, 0.15) is 9.80 Å². The van der Waals surface area contributed by atoms with Crippen LogP contribution in [-0.2, 0) is 0 Å². The van der Waals surface area contributed by atoms with Crippen molar-refractivity contribution in [3.05, 3.63) is 47.0 Å². The van der Waals surface area contributed by atoms with E-state index < -0.39 is 5.97 Å². The van der Waals surface area contributed by atoms with Crippen LogP contribution in [0, 0.1) is 0 Å². The van der Waals surface area contributed by atoms with E-state index in [1.165, 1.54) is 16.2 Å². The molecule has 0 atom stereocenters. The highest BCUT2D eigenvalue weighted by molar-refractivity contribution is 7.11. The van der Waals surface area contributed by atoms with Gasteiger partial charge in [0.15, 0.2) is 0 Å². The molecule has 5 nitrogen and oxygen atoms in total. The Morgan fingerprint density at radius 3 is 3.06 bits per heavy atom. The zero-order valence-corrected chi connectivity index (χ0v) is 9.42. The fraction of sp³-hybridized carbons (Fsp3) is 0. The van der Waals surface area contributed by atoms with Crippen molar-refractivity contribution < 1.29 is 9.63 Å². The average molecular weight is 245 g/mol. The van der Waals surface area contributed by atoms with Crippen LogP contribution in [0.5, 0.6) is 0 Å². The summed E-state index contributed by atoms with van der Waals surface area (Å²) in [5.74, 6) is -0.506. The van der Waals surface area contributed by atoms with E-state index in [2.05, 4.69) is 10.1 Å². The minimum absolute atomic E-state index is 0.310. The Labute approximate surface area is 100 Å². The first kappa shape index (κ1) is 9.98. The summed E-state index contributed by atoms with van der Waals surface area (Å²) < 4.78 is 0. The number of hydrogen-bond acceptors (Lipinski definition) is 5. The lowest BCUT2D eigenvalue weighted by Gasteiger charge is -2.01. The van der Waals surface area contributed by atoms with Crippen molar-refractivity contribution in [3.63, 3.8) is 0 Å². The van der Waals surface area contributed by atoms with Crippen molar-refractivity contribution in [3.8, 4) is 0 Å². The number of thiazole rings is 1. The summed E-state index contributed by atoms with van der Waals surface area (Å²) >= 11 is 1.23. The molecule has 3 aromatic rings. The molecule has 2 aromatic heterocycles. The van der Waals surface area contributed by atoms with Crippen molar-refractivity contribution in [2.45, 2.75) is 0 Å². The summed E-state index contributed by atoms with van der Waals surface area (Å²) in [4.78, 5) is 21.9. The lowest BCUT2D eigenvalue weighted by molar-refractivity contribution is 0.0419. The van der Waals surface area contributed by atoms with Gasteiger partial charge in [0, 0.05) is 17.0 Å². The van der Waals surface area contributed by atoms with Gasteiger partial charge in [-0.15, -0.1) is 16.4 Å². The summed E-state index contributed by atoms with van der Waals surface area (Å²) in [6, 6.07) is 7.49. The molecule has 0 fully saturated rings. The van der Waals surface area contributed by atoms with Gasteiger partial charge >= 0.3 is 5.97 Å². The van der Waals surface area contributed by atoms with Crippen molar-refractivity contribution in [1.29, 1.82) is 0 Å². The van der Waals surface area contributed by atoms with Crippen LogP contribution in [0.15, 0.2) is 42.0 Å². The Balaban J connectivity index is 1.93. The quantitative estimate of drug-likeness (QED) is 0.690. The van der Waals surface area contributed by atoms with Crippen molar-refractivity contribution in [1.82, 2.24) is 14.9 Å². The van der Waals surface area contributed by atoms with Gasteiger partial charge in [-0.1, -0.05) is 23.0 Å². The van der Waals surface area contributed by atoms with E-state index in [1.807, 2.05) is 24.3 Å². The highest BCUT2D eigenvalue weighted by atomic mass is 32.1. The maximum Gasteiger partial charge on any atom is 0.394 e. The SMILES string of the molecule is O=C(On1ncc2ccccc21)c1nccs1. The fourth-order valence-corrected chi connectivity index (χ4v) is 1.97. The molecule has 3 rings (SSSR count). The van der Waals surface area contributed by atoms with E-state index in [0.717, 1.165) is 10.9 Å². The van der Waals surface area contributed by atoms with Gasteiger partial charge in [0.1, 0.15) is 5.52 Å². The molecule has 0 amide bonds. The van der Waals surface area contributed by atoms with E-state index >= 15 is 0 Å². The largest absolute Gasteiger partial charge is 0.394 e. The van der Waals surface area contributed by atoms with Crippen LogP contribution in [0.2, 0.25) is 0 Å². The van der Waals surface area contributed by atoms with E-state index in [4.69, 9.17) is 4.84 Å². The minimum atomic E-state index is -0.506. The van der Waals surface area contributed by atoms with Crippen LogP contribution >= 0.6 is 11.3 Å². The lowest BCUT2D eigenvalue weighted by atomic mass is 10.3. The van der Waals surface area contributed by atoms with Crippen LogP contribution < -0.4 is 4.84 Å². The summed E-state index contributed by atoms with van der Waals surface area (Å²) in [6.07, 6.45) is 3.20. The normalized spacial score (nSPS) is 10.6. The van der Waals surface area contributed by atoms with Gasteiger partial charge in [0.05, 0.1) is 6.20 Å². The molecule has 0 saturated heterocycles. The van der Waals surface area contributed by atoms with Gasteiger partial charge in [-0.05, 0) is 6.07 Å². The number of carbonyl (C=O) groups excluding carboxylic acids is 1. The molecule has 0 bridgehead atoms. The summed E-state index contributed by atoms with van der Waals surface area (Å²) in [5.41, 5.74) is 0.748. The third-order valence-electron chi connectivity index (χ3n) is 2.22. The van der Waals surface area contributed by atoms with Gasteiger partial charge < -0.3 is 4.84 Å². The van der Waals surface area contributed by atoms with E-state index in [1.54, 1.807) is 17.8 Å². The molecule has 0 unspecified atom stereocenters. The minimum Gasteiger partial charge on any atom is -0.311 e. The molecule has 0 aliphatic rings. The number of benzene rings is 1. The first-order valence-corrected chi connectivity index (χ1v) is 5.77. The van der Waals surface area contributed by atoms with Crippen molar-refractivity contribution >= 4 is 28.2 Å². The summed E-state index contributed by atoms with van der Waals surface area (Å²) in [6.45, 7) is 0. The fourth-order valence-electron chi connectivity index (χ4n) is 1.46. The van der Waals surface area contributed by atoms with E-state index in [9.17, 15) is 4.79 Å². The molecule has 0 N–H and O–H groups in total. The Morgan fingerprint density at radius 2 is 2.24 bits per heavy atom. The third kappa shape index (κ3) is 1.78. The second-order valence-electron chi connectivity index (χ2n) is 3.29. The highest BCUT2D eigenvalue weighted by Crippen LogP contribution is 2.12. The van der Waals surface area contributed by atoms with E-state index in [-0.39, 0.29) is 0 Å².